The molecule has 0 fully saturated rings. The van der Waals surface area contributed by atoms with E-state index in [9.17, 15) is 0 Å². The molecule has 100 valence electrons. The largest absolute Gasteiger partial charge is 0.378 e. The third kappa shape index (κ3) is 3.58. The van der Waals surface area contributed by atoms with Crippen LogP contribution in [0.4, 0.5) is 5.69 Å². The molecule has 2 aromatic rings. The molecule has 1 unspecified atom stereocenters. The molecular weight excluding hydrogens is 232 g/mol. The molecule has 0 saturated heterocycles. The van der Waals surface area contributed by atoms with Gasteiger partial charge in [-0.15, -0.1) is 0 Å². The van der Waals surface area contributed by atoms with E-state index in [0.717, 1.165) is 6.42 Å². The van der Waals surface area contributed by atoms with Crippen molar-refractivity contribution in [2.45, 2.75) is 12.3 Å². The summed E-state index contributed by atoms with van der Waals surface area (Å²) in [6.07, 6.45) is 0.988. The van der Waals surface area contributed by atoms with Crippen molar-refractivity contribution in [1.82, 2.24) is 0 Å². The maximum absolute atomic E-state index is 5.94. The number of benzene rings is 2. The molecule has 0 saturated carbocycles. The molecule has 19 heavy (non-hydrogen) atoms. The molecular formula is C17H22N2. The lowest BCUT2D eigenvalue weighted by atomic mass is 9.92. The maximum Gasteiger partial charge on any atom is 0.0363 e. The first-order valence-electron chi connectivity index (χ1n) is 6.72. The fraction of sp³-hybridized carbons (Fsp3) is 0.294. The van der Waals surface area contributed by atoms with E-state index >= 15 is 0 Å². The monoisotopic (exact) mass is 254 g/mol. The van der Waals surface area contributed by atoms with Gasteiger partial charge in [0.25, 0.3) is 0 Å². The smallest absolute Gasteiger partial charge is 0.0363 e. The Morgan fingerprint density at radius 3 is 2.37 bits per heavy atom. The lowest BCUT2D eigenvalue weighted by molar-refractivity contribution is 0.694. The van der Waals surface area contributed by atoms with Crippen LogP contribution in [0.15, 0.2) is 54.6 Å². The second-order valence-corrected chi connectivity index (χ2v) is 5.11. The van der Waals surface area contributed by atoms with Crippen LogP contribution < -0.4 is 10.6 Å². The molecule has 0 radical (unpaired) electrons. The summed E-state index contributed by atoms with van der Waals surface area (Å²) in [6, 6.07) is 19.2. The first-order valence-corrected chi connectivity index (χ1v) is 6.72. The molecule has 1 atom stereocenters. The van der Waals surface area contributed by atoms with Crippen molar-refractivity contribution in [3.8, 4) is 0 Å². The SMILES string of the molecule is CN(C)c1cccc(CC(CN)c2ccccc2)c1. The predicted octanol–water partition coefficient (Wildman–Crippen LogP) is 3.04. The molecule has 0 spiro atoms. The lowest BCUT2D eigenvalue weighted by Crippen LogP contribution is -2.15. The normalized spacial score (nSPS) is 12.2. The fourth-order valence-electron chi connectivity index (χ4n) is 2.31. The van der Waals surface area contributed by atoms with E-state index in [0.29, 0.717) is 12.5 Å². The van der Waals surface area contributed by atoms with Gasteiger partial charge in [0.05, 0.1) is 0 Å². The molecule has 2 rings (SSSR count). The van der Waals surface area contributed by atoms with Gasteiger partial charge in [0.15, 0.2) is 0 Å². The van der Waals surface area contributed by atoms with Crippen LogP contribution in [0.2, 0.25) is 0 Å². The fourth-order valence-corrected chi connectivity index (χ4v) is 2.31. The van der Waals surface area contributed by atoms with Gasteiger partial charge < -0.3 is 10.6 Å². The highest BCUT2D eigenvalue weighted by atomic mass is 15.1. The molecule has 2 heteroatoms. The summed E-state index contributed by atoms with van der Waals surface area (Å²) in [5.41, 5.74) is 9.84. The summed E-state index contributed by atoms with van der Waals surface area (Å²) in [7, 11) is 4.13. The summed E-state index contributed by atoms with van der Waals surface area (Å²) in [4.78, 5) is 2.13. The van der Waals surface area contributed by atoms with Crippen LogP contribution in [-0.4, -0.2) is 20.6 Å². The van der Waals surface area contributed by atoms with E-state index in [-0.39, 0.29) is 0 Å². The van der Waals surface area contributed by atoms with E-state index in [1.54, 1.807) is 0 Å². The summed E-state index contributed by atoms with van der Waals surface area (Å²) in [5.74, 6) is 0.388. The second kappa shape index (κ2) is 6.39. The first kappa shape index (κ1) is 13.6. The molecule has 2 N–H and O–H groups in total. The Morgan fingerprint density at radius 1 is 1.00 bits per heavy atom. The molecule has 0 aliphatic rings. The Hall–Kier alpha value is -1.80. The van der Waals surface area contributed by atoms with Gasteiger partial charge in [0.2, 0.25) is 0 Å². The van der Waals surface area contributed by atoms with E-state index in [2.05, 4.69) is 67.5 Å². The van der Waals surface area contributed by atoms with E-state index < -0.39 is 0 Å². The maximum atomic E-state index is 5.94. The highest BCUT2D eigenvalue weighted by molar-refractivity contribution is 5.47. The average molecular weight is 254 g/mol. The molecule has 2 nitrogen and oxygen atoms in total. The highest BCUT2D eigenvalue weighted by Gasteiger charge is 2.10. The minimum atomic E-state index is 0.388. The Balaban J connectivity index is 2.17. The molecule has 0 aliphatic heterocycles. The van der Waals surface area contributed by atoms with Gasteiger partial charge in [-0.3, -0.25) is 0 Å². The summed E-state index contributed by atoms with van der Waals surface area (Å²) < 4.78 is 0. The van der Waals surface area contributed by atoms with Crippen molar-refractivity contribution >= 4 is 5.69 Å². The molecule has 0 bridgehead atoms. The molecule has 0 aromatic heterocycles. The van der Waals surface area contributed by atoms with Crippen molar-refractivity contribution in [1.29, 1.82) is 0 Å². The van der Waals surface area contributed by atoms with Crippen molar-refractivity contribution in [2.24, 2.45) is 5.73 Å². The third-order valence-corrected chi connectivity index (χ3v) is 3.46. The average Bonchev–Trinajstić information content (AvgIpc) is 2.46. The van der Waals surface area contributed by atoms with Crippen molar-refractivity contribution in [3.63, 3.8) is 0 Å². The number of nitrogens with zero attached hydrogens (tertiary/aromatic N) is 1. The van der Waals surface area contributed by atoms with Crippen LogP contribution in [0.1, 0.15) is 17.0 Å². The van der Waals surface area contributed by atoms with Crippen LogP contribution in [0.25, 0.3) is 0 Å². The van der Waals surface area contributed by atoms with E-state index in [1.165, 1.54) is 16.8 Å². The van der Waals surface area contributed by atoms with Gasteiger partial charge in [0.1, 0.15) is 0 Å². The van der Waals surface area contributed by atoms with E-state index in [1.807, 2.05) is 6.07 Å². The molecule has 2 aromatic carbocycles. The zero-order chi connectivity index (χ0) is 13.7. The summed E-state index contributed by atoms with van der Waals surface area (Å²) >= 11 is 0. The number of nitrogens with two attached hydrogens (primary N) is 1. The van der Waals surface area contributed by atoms with Crippen LogP contribution in [0.3, 0.4) is 0 Å². The standard InChI is InChI=1S/C17H22N2/c1-19(2)17-10-6-7-14(12-17)11-16(13-18)15-8-4-3-5-9-15/h3-10,12,16H,11,13,18H2,1-2H3. The van der Waals surface area contributed by atoms with E-state index in [4.69, 9.17) is 5.73 Å². The van der Waals surface area contributed by atoms with Gasteiger partial charge in [-0.25, -0.2) is 0 Å². The third-order valence-electron chi connectivity index (χ3n) is 3.46. The Bertz CT molecular complexity index is 506. The molecule has 0 heterocycles. The number of hydrogen-bond acceptors (Lipinski definition) is 2. The Morgan fingerprint density at radius 2 is 1.74 bits per heavy atom. The summed E-state index contributed by atoms with van der Waals surface area (Å²) in [5, 5.41) is 0. The van der Waals surface area contributed by atoms with Crippen molar-refractivity contribution in [3.05, 3.63) is 65.7 Å². The minimum absolute atomic E-state index is 0.388. The van der Waals surface area contributed by atoms with Crippen LogP contribution in [0.5, 0.6) is 0 Å². The lowest BCUT2D eigenvalue weighted by Gasteiger charge is -2.18. The quantitative estimate of drug-likeness (QED) is 0.888. The summed E-state index contributed by atoms with van der Waals surface area (Å²) in [6.45, 7) is 0.677. The van der Waals surface area contributed by atoms with Crippen LogP contribution in [-0.2, 0) is 6.42 Å². The second-order valence-electron chi connectivity index (χ2n) is 5.11. The van der Waals surface area contributed by atoms with Gasteiger partial charge in [-0.05, 0) is 36.2 Å². The predicted molar refractivity (Wildman–Crippen MR) is 82.7 cm³/mol. The number of anilines is 1. The van der Waals surface area contributed by atoms with Gasteiger partial charge >= 0.3 is 0 Å². The Labute approximate surface area is 115 Å². The number of rotatable bonds is 5. The van der Waals surface area contributed by atoms with Crippen LogP contribution in [0, 0.1) is 0 Å². The zero-order valence-corrected chi connectivity index (χ0v) is 11.7. The first-order chi connectivity index (χ1) is 9.20. The highest BCUT2D eigenvalue weighted by Crippen LogP contribution is 2.22. The zero-order valence-electron chi connectivity index (χ0n) is 11.7. The number of hydrogen-bond donors (Lipinski definition) is 1. The van der Waals surface area contributed by atoms with Crippen LogP contribution >= 0.6 is 0 Å². The van der Waals surface area contributed by atoms with Crippen molar-refractivity contribution in [2.75, 3.05) is 25.5 Å². The van der Waals surface area contributed by atoms with Gasteiger partial charge in [0, 0.05) is 25.7 Å². The topological polar surface area (TPSA) is 29.3 Å². The van der Waals surface area contributed by atoms with Crippen molar-refractivity contribution < 1.29 is 0 Å². The molecule has 0 amide bonds. The molecule has 0 aliphatic carbocycles. The van der Waals surface area contributed by atoms with Gasteiger partial charge in [-0.2, -0.15) is 0 Å². The Kier molecular flexibility index (Phi) is 4.58. The minimum Gasteiger partial charge on any atom is -0.378 e. The van der Waals surface area contributed by atoms with Gasteiger partial charge in [-0.1, -0.05) is 42.5 Å².